The van der Waals surface area contributed by atoms with Gasteiger partial charge in [-0.2, -0.15) is 0 Å². The summed E-state index contributed by atoms with van der Waals surface area (Å²) in [6, 6.07) is 0. The summed E-state index contributed by atoms with van der Waals surface area (Å²) in [5.41, 5.74) is 0. The van der Waals surface area contributed by atoms with Crippen LogP contribution in [0.25, 0.3) is 0 Å². The third-order valence-electron chi connectivity index (χ3n) is 5.49. The fraction of sp³-hybridized carbons (Fsp3) is 1.00. The number of hydrogen-bond donors (Lipinski definition) is 0. The van der Waals surface area contributed by atoms with Crippen LogP contribution < -0.4 is 0 Å². The molecule has 17 heteroatoms. The molecule has 208 valence electrons. The Morgan fingerprint density at radius 2 is 0.486 bits per heavy atom. The zero-order valence-electron chi connectivity index (χ0n) is 19.8. The predicted octanol–water partition coefficient (Wildman–Crippen LogP) is 2.30. The minimum absolute atomic E-state index is 0.149. The molecule has 0 bridgehead atoms. The summed E-state index contributed by atoms with van der Waals surface area (Å²) in [6.07, 6.45) is 7.27. The maximum atomic E-state index is 12.7. The van der Waals surface area contributed by atoms with Crippen molar-refractivity contribution >= 4 is 60.5 Å². The van der Waals surface area contributed by atoms with Crippen molar-refractivity contribution in [1.82, 2.24) is 0 Å². The van der Waals surface area contributed by atoms with Crippen molar-refractivity contribution < 1.29 is 43.8 Å². The summed E-state index contributed by atoms with van der Waals surface area (Å²) in [4.78, 5) is 0. The fourth-order valence-corrected chi connectivity index (χ4v) is 26.0. The number of hydrogen-bond acceptors (Lipinski definition) is 12. The van der Waals surface area contributed by atoms with E-state index in [0.29, 0.717) is 25.7 Å². The van der Waals surface area contributed by atoms with Gasteiger partial charge in [-0.15, -0.1) is 0 Å². The van der Waals surface area contributed by atoms with Crippen LogP contribution in [-0.2, 0) is 50.6 Å². The minimum atomic E-state index is -6.89. The van der Waals surface area contributed by atoms with Gasteiger partial charge in [0.2, 0.25) is 0 Å². The molecular formula is C18H36O12S4Sn. The Hall–Kier alpha value is 0.439. The van der Waals surface area contributed by atoms with Crippen molar-refractivity contribution in [2.45, 2.75) is 89.9 Å². The molecule has 2 aliphatic rings. The third-order valence-corrected chi connectivity index (χ3v) is 26.2. The Balaban J connectivity index is 2.52. The second-order valence-electron chi connectivity index (χ2n) is 8.83. The molecule has 0 aromatic rings. The van der Waals surface area contributed by atoms with Crippen LogP contribution in [0.2, 0.25) is 0 Å². The first kappa shape index (κ1) is 31.7. The zero-order chi connectivity index (χ0) is 26.1. The summed E-state index contributed by atoms with van der Waals surface area (Å²) in [6.45, 7) is 0. The van der Waals surface area contributed by atoms with Crippen molar-refractivity contribution in [3.05, 3.63) is 0 Å². The number of rotatable bonds is 0. The molecule has 0 saturated carbocycles. The van der Waals surface area contributed by atoms with E-state index >= 15 is 0 Å². The van der Waals surface area contributed by atoms with E-state index in [0.717, 1.165) is 38.5 Å². The molecule has 0 aliphatic carbocycles. The van der Waals surface area contributed by atoms with Gasteiger partial charge in [-0.25, -0.2) is 0 Å². The molecule has 2 rings (SSSR count). The molecule has 0 aromatic heterocycles. The summed E-state index contributed by atoms with van der Waals surface area (Å²) in [5, 5.41) is 0. The third kappa shape index (κ3) is 13.2. The van der Waals surface area contributed by atoms with Crippen molar-refractivity contribution in [3.8, 4) is 0 Å². The van der Waals surface area contributed by atoms with E-state index in [4.69, 9.17) is 10.1 Å². The van der Waals surface area contributed by atoms with Crippen LogP contribution >= 0.6 is 0 Å². The second-order valence-corrected chi connectivity index (χ2v) is 24.2. The quantitative estimate of drug-likeness (QED) is 0.340. The standard InChI is InChI=1S/2C9H20O6S2.Sn/c2*10-16(11,12)8-6-4-2-1-3-5-7-9-17(13,14)15;/h2*1-9H2,(H,10,11,12)(H,13,14,15);/q;;+4/p-4. The molecule has 2 fully saturated rings. The molecule has 2 aliphatic heterocycles. The second kappa shape index (κ2) is 14.0. The topological polar surface area (TPSA) is 173 Å². The molecule has 35 heavy (non-hydrogen) atoms. The SMILES string of the molecule is O=S1(=O)CCCCCCCCCS(=O)(=O)[O][Sn]2([O]1)[O]S(=O)(=O)CCCCCCCCCS(=O)(=O)[O]2. The molecule has 2 saturated heterocycles. The molecule has 12 nitrogen and oxygen atoms in total. The Morgan fingerprint density at radius 3 is 0.686 bits per heavy atom. The average molecular weight is 691 g/mol. The van der Waals surface area contributed by atoms with Crippen LogP contribution in [-0.4, -0.2) is 76.7 Å². The monoisotopic (exact) mass is 692 g/mol. The van der Waals surface area contributed by atoms with Gasteiger partial charge in [0.05, 0.1) is 0 Å². The van der Waals surface area contributed by atoms with Crippen molar-refractivity contribution in [1.29, 1.82) is 0 Å². The summed E-state index contributed by atoms with van der Waals surface area (Å²) in [7, 11) is -18.6. The average Bonchev–Trinajstić information content (AvgIpc) is 2.68. The van der Waals surface area contributed by atoms with Gasteiger partial charge in [0.1, 0.15) is 0 Å². The van der Waals surface area contributed by atoms with E-state index in [1.54, 1.807) is 0 Å². The van der Waals surface area contributed by atoms with Crippen LogP contribution in [0.5, 0.6) is 0 Å². The van der Waals surface area contributed by atoms with Crippen LogP contribution in [0.15, 0.2) is 0 Å². The van der Waals surface area contributed by atoms with E-state index in [9.17, 15) is 33.7 Å². The van der Waals surface area contributed by atoms with Gasteiger partial charge >= 0.3 is 217 Å². The first-order chi connectivity index (χ1) is 16.2. The van der Waals surface area contributed by atoms with Crippen LogP contribution in [0.1, 0.15) is 89.9 Å². The first-order valence-electron chi connectivity index (χ1n) is 12.0. The molecule has 0 unspecified atom stereocenters. The molecule has 0 amide bonds. The van der Waals surface area contributed by atoms with Crippen LogP contribution in [0, 0.1) is 0 Å². The van der Waals surface area contributed by atoms with E-state index in [1.807, 2.05) is 0 Å². The maximum absolute atomic E-state index is 12.7. The Morgan fingerprint density at radius 1 is 0.314 bits per heavy atom. The van der Waals surface area contributed by atoms with Crippen molar-refractivity contribution in [2.75, 3.05) is 23.0 Å². The summed E-state index contributed by atoms with van der Waals surface area (Å²) in [5.74, 6) is -2.38. The molecule has 1 spiro atoms. The van der Waals surface area contributed by atoms with Gasteiger partial charge in [0, 0.05) is 0 Å². The predicted molar refractivity (Wildman–Crippen MR) is 130 cm³/mol. The molecule has 0 N–H and O–H groups in total. The van der Waals surface area contributed by atoms with Gasteiger partial charge < -0.3 is 0 Å². The van der Waals surface area contributed by atoms with Gasteiger partial charge in [0.25, 0.3) is 0 Å². The Kier molecular flexibility index (Phi) is 12.7. The first-order valence-corrected chi connectivity index (χ1v) is 22.9. The normalized spacial score (nSPS) is 29.3. The fourth-order valence-electron chi connectivity index (χ4n) is 3.76. The molecule has 0 radical (unpaired) electrons. The van der Waals surface area contributed by atoms with E-state index < -0.39 is 83.5 Å². The molecular weight excluding hydrogens is 655 g/mol. The van der Waals surface area contributed by atoms with Crippen molar-refractivity contribution in [3.63, 3.8) is 0 Å². The van der Waals surface area contributed by atoms with Crippen LogP contribution in [0.4, 0.5) is 0 Å². The van der Waals surface area contributed by atoms with Gasteiger partial charge in [0.15, 0.2) is 0 Å². The summed E-state index contributed by atoms with van der Waals surface area (Å²) < 4.78 is 122. The zero-order valence-corrected chi connectivity index (χ0v) is 25.9. The molecule has 2 heterocycles. The van der Waals surface area contributed by atoms with Crippen LogP contribution in [0.3, 0.4) is 0 Å². The summed E-state index contributed by atoms with van der Waals surface area (Å²) >= 11 is -6.89. The molecule has 0 aromatic carbocycles. The van der Waals surface area contributed by atoms with Crippen molar-refractivity contribution in [2.24, 2.45) is 0 Å². The van der Waals surface area contributed by atoms with E-state index in [-0.39, 0.29) is 25.7 Å². The Labute approximate surface area is 216 Å². The molecule has 0 atom stereocenters. The van der Waals surface area contributed by atoms with Gasteiger partial charge in [-0.05, 0) is 0 Å². The Bertz CT molecular complexity index is 909. The van der Waals surface area contributed by atoms with E-state index in [2.05, 4.69) is 0 Å². The van der Waals surface area contributed by atoms with Gasteiger partial charge in [-0.1, -0.05) is 0 Å². The van der Waals surface area contributed by atoms with E-state index in [1.165, 1.54) is 0 Å². The van der Waals surface area contributed by atoms with Gasteiger partial charge in [-0.3, -0.25) is 0 Å².